The first-order valence-corrected chi connectivity index (χ1v) is 16.0. The van der Waals surface area contributed by atoms with Crippen molar-refractivity contribution in [2.75, 3.05) is 6.54 Å². The Balaban J connectivity index is 1.72. The summed E-state index contributed by atoms with van der Waals surface area (Å²) in [5.41, 5.74) is 2.89. The largest absolute Gasteiger partial charge is 0.251 e. The number of hydrogen-bond acceptors (Lipinski definition) is 1. The monoisotopic (exact) mass is 567 g/mol. The molecule has 0 N–H and O–H groups in total. The molecule has 5 rings (SSSR count). The van der Waals surface area contributed by atoms with Crippen LogP contribution in [-0.2, 0) is 0 Å². The smallest absolute Gasteiger partial charge is 0.126 e. The molecule has 0 spiro atoms. The Morgan fingerprint density at radius 1 is 0.667 bits per heavy atom. The van der Waals surface area contributed by atoms with Gasteiger partial charge in [-0.15, -0.1) is 0 Å². The normalized spacial score (nSPS) is 17.8. The molecule has 1 heterocycles. The highest BCUT2D eigenvalue weighted by Crippen LogP contribution is 2.76. The zero-order valence-corrected chi connectivity index (χ0v) is 23.6. The van der Waals surface area contributed by atoms with E-state index in [1.807, 2.05) is 36.4 Å². The molecule has 0 unspecified atom stereocenters. The number of benzene rings is 4. The van der Waals surface area contributed by atoms with Crippen LogP contribution in [0.5, 0.6) is 0 Å². The maximum atomic E-state index is 14.6. The molecule has 0 saturated carbocycles. The minimum atomic E-state index is -1.63. The van der Waals surface area contributed by atoms with Gasteiger partial charge in [-0.2, -0.15) is 0 Å². The van der Waals surface area contributed by atoms with Crippen molar-refractivity contribution in [3.63, 3.8) is 0 Å². The Morgan fingerprint density at radius 2 is 1.08 bits per heavy atom. The third-order valence-electron chi connectivity index (χ3n) is 7.11. The fourth-order valence-electron chi connectivity index (χ4n) is 5.47. The maximum absolute atomic E-state index is 14.6. The number of unbranched alkanes of at least 4 members (excludes halogenated alkanes) is 1. The van der Waals surface area contributed by atoms with E-state index in [0.29, 0.717) is 17.2 Å². The molecule has 39 heavy (non-hydrogen) atoms. The summed E-state index contributed by atoms with van der Waals surface area (Å²) in [4.78, 5) is 0. The molecule has 0 aliphatic carbocycles. The summed E-state index contributed by atoms with van der Waals surface area (Å²) in [6.07, 6.45) is 3.71. The molecular weight excluding hydrogens is 536 g/mol. The second-order valence-electron chi connectivity index (χ2n) is 9.83. The Bertz CT molecular complexity index is 1250. The van der Waals surface area contributed by atoms with E-state index in [9.17, 15) is 17.6 Å². The van der Waals surface area contributed by atoms with Crippen molar-refractivity contribution < 1.29 is 17.6 Å². The third-order valence-corrected chi connectivity index (χ3v) is 13.5. The summed E-state index contributed by atoms with van der Waals surface area (Å²) < 4.78 is 61.0. The Morgan fingerprint density at radius 3 is 1.46 bits per heavy atom. The van der Waals surface area contributed by atoms with Gasteiger partial charge in [-0.3, -0.25) is 4.44 Å². The maximum Gasteiger partial charge on any atom is 0.126 e. The number of halogens is 4. The number of hydrogen-bond donors (Lipinski definition) is 0. The highest BCUT2D eigenvalue weighted by Gasteiger charge is 2.44. The molecule has 0 aromatic heterocycles. The van der Waals surface area contributed by atoms with Crippen LogP contribution in [0.15, 0.2) is 97.1 Å². The zero-order chi connectivity index (χ0) is 27.4. The van der Waals surface area contributed by atoms with Crippen LogP contribution in [0.1, 0.15) is 55.1 Å². The van der Waals surface area contributed by atoms with Crippen molar-refractivity contribution in [3.8, 4) is 0 Å². The van der Waals surface area contributed by atoms with Gasteiger partial charge in [0.15, 0.2) is 0 Å². The fraction of sp³-hybridized carbons (Fsp3) is 0.250. The molecule has 1 aliphatic rings. The lowest BCUT2D eigenvalue weighted by Crippen LogP contribution is -2.29. The average molecular weight is 568 g/mol. The van der Waals surface area contributed by atoms with E-state index in [1.165, 1.54) is 35.4 Å². The first kappa shape index (κ1) is 28.0. The van der Waals surface area contributed by atoms with Gasteiger partial charge in [0, 0.05) is 48.7 Å². The van der Waals surface area contributed by atoms with Gasteiger partial charge in [-0.05, 0) is 62.7 Å². The van der Waals surface area contributed by atoms with Gasteiger partial charge in [-0.25, -0.2) is 17.6 Å². The molecular formula is C32H31F4NP2. The van der Waals surface area contributed by atoms with Crippen molar-refractivity contribution in [1.82, 2.24) is 4.44 Å². The van der Waals surface area contributed by atoms with Crippen LogP contribution < -0.4 is 10.6 Å². The summed E-state index contributed by atoms with van der Waals surface area (Å²) in [6.45, 7) is 2.77. The SMILES string of the molecule is CCCCN(P(c1cc(F)cc(F)c1)c1cc(F)cc(F)c1)P1[C@@H](c2ccccc2)CC[C@@H]1c1ccccc1. The summed E-state index contributed by atoms with van der Waals surface area (Å²) in [6, 6.07) is 27.8. The average Bonchev–Trinajstić information content (AvgIpc) is 3.36. The molecule has 4 aromatic carbocycles. The highest BCUT2D eigenvalue weighted by molar-refractivity contribution is 7.79. The van der Waals surface area contributed by atoms with E-state index in [2.05, 4.69) is 35.6 Å². The van der Waals surface area contributed by atoms with Crippen LogP contribution in [0.3, 0.4) is 0 Å². The van der Waals surface area contributed by atoms with Crippen LogP contribution in [0.25, 0.3) is 0 Å². The molecule has 202 valence electrons. The van der Waals surface area contributed by atoms with Gasteiger partial charge in [-0.1, -0.05) is 74.0 Å². The van der Waals surface area contributed by atoms with Crippen molar-refractivity contribution in [2.45, 2.75) is 43.9 Å². The molecule has 0 amide bonds. The summed E-state index contributed by atoms with van der Waals surface area (Å²) in [5, 5.41) is 0.855. The van der Waals surface area contributed by atoms with Gasteiger partial charge in [0.2, 0.25) is 0 Å². The van der Waals surface area contributed by atoms with E-state index in [1.54, 1.807) is 0 Å². The van der Waals surface area contributed by atoms with Crippen molar-refractivity contribution in [1.29, 1.82) is 0 Å². The number of nitrogens with zero attached hydrogens (tertiary/aromatic N) is 1. The van der Waals surface area contributed by atoms with E-state index in [-0.39, 0.29) is 11.3 Å². The summed E-state index contributed by atoms with van der Waals surface area (Å²) in [7, 11) is -2.59. The second kappa shape index (κ2) is 12.7. The predicted octanol–water partition coefficient (Wildman–Crippen LogP) is 9.37. The second-order valence-corrected chi connectivity index (χ2v) is 14.8. The molecule has 1 nitrogen and oxygen atoms in total. The zero-order valence-electron chi connectivity index (χ0n) is 21.8. The van der Waals surface area contributed by atoms with Gasteiger partial charge < -0.3 is 0 Å². The lowest BCUT2D eigenvalue weighted by Gasteiger charge is -2.42. The lowest BCUT2D eigenvalue weighted by molar-refractivity contribution is 0.584. The van der Waals surface area contributed by atoms with Crippen LogP contribution in [0.4, 0.5) is 17.6 Å². The van der Waals surface area contributed by atoms with Gasteiger partial charge in [0.25, 0.3) is 0 Å². The van der Waals surface area contributed by atoms with Crippen molar-refractivity contribution >= 4 is 26.8 Å². The minimum absolute atomic E-state index is 0.213. The molecule has 0 bridgehead atoms. The van der Waals surface area contributed by atoms with Gasteiger partial charge >= 0.3 is 0 Å². The quantitative estimate of drug-likeness (QED) is 0.144. The third kappa shape index (κ3) is 6.43. The molecule has 1 saturated heterocycles. The summed E-state index contributed by atoms with van der Waals surface area (Å²) in [5.74, 6) is -2.77. The minimum Gasteiger partial charge on any atom is -0.251 e. The van der Waals surface area contributed by atoms with Crippen LogP contribution in [-0.4, -0.2) is 11.0 Å². The molecule has 7 heteroatoms. The van der Waals surface area contributed by atoms with E-state index in [4.69, 9.17) is 0 Å². The van der Waals surface area contributed by atoms with Gasteiger partial charge in [0.1, 0.15) is 23.3 Å². The molecule has 1 aliphatic heterocycles. The molecule has 1 fully saturated rings. The molecule has 0 radical (unpaired) electrons. The first-order valence-electron chi connectivity index (χ1n) is 13.3. The van der Waals surface area contributed by atoms with E-state index >= 15 is 0 Å². The van der Waals surface area contributed by atoms with Crippen molar-refractivity contribution in [3.05, 3.63) is 131 Å². The van der Waals surface area contributed by atoms with Crippen LogP contribution >= 0.6 is 16.1 Å². The molecule has 2 atom stereocenters. The summed E-state index contributed by atoms with van der Waals surface area (Å²) >= 11 is 0. The predicted molar refractivity (Wildman–Crippen MR) is 155 cm³/mol. The Kier molecular flexibility index (Phi) is 9.13. The van der Waals surface area contributed by atoms with Crippen LogP contribution in [0.2, 0.25) is 0 Å². The van der Waals surface area contributed by atoms with Gasteiger partial charge in [0.05, 0.1) is 0 Å². The Labute approximate surface area is 230 Å². The standard InChI is InChI=1S/C32H31F4NP2/c1-2-3-16-37(38(29-19-25(33)17-26(34)20-29)30-21-27(35)18-28(36)22-30)39-31(23-10-6-4-7-11-23)14-15-32(39)24-12-8-5-9-13-24/h4-13,17-22,31-32H,2-3,14-16H2,1H3/t31-,32-/m1/s1. The number of rotatable bonds is 9. The molecule has 4 aromatic rings. The highest BCUT2D eigenvalue weighted by atomic mass is 31.2. The fourth-order valence-corrected chi connectivity index (χ4v) is 13.0. The van der Waals surface area contributed by atoms with E-state index < -0.39 is 39.4 Å². The van der Waals surface area contributed by atoms with Crippen molar-refractivity contribution in [2.24, 2.45) is 0 Å². The Hall–Kier alpha value is -2.58. The van der Waals surface area contributed by atoms with E-state index in [0.717, 1.165) is 37.8 Å². The topological polar surface area (TPSA) is 3.24 Å². The lowest BCUT2D eigenvalue weighted by atomic mass is 10.0. The first-order chi connectivity index (χ1) is 18.9. The van der Waals surface area contributed by atoms with Crippen LogP contribution in [0, 0.1) is 23.3 Å².